The number of carbonyl (C=O) groups excluding carboxylic acids is 1. The summed E-state index contributed by atoms with van der Waals surface area (Å²) < 4.78 is 0. The molecular weight excluding hydrogens is 216 g/mol. The standard InChI is InChI=1S/C13H22N2O2/c1-3-10(4-2)12(16)9-15-13(17)8-11-6-5-7-14-11/h5-7,10,12,14,16H,3-4,8-9H2,1-2H3,(H,15,17). The van der Waals surface area contributed by atoms with Crippen molar-refractivity contribution in [2.45, 2.75) is 39.2 Å². The van der Waals surface area contributed by atoms with Gasteiger partial charge in [0.15, 0.2) is 0 Å². The van der Waals surface area contributed by atoms with Gasteiger partial charge >= 0.3 is 0 Å². The third kappa shape index (κ3) is 4.61. The number of hydrogen-bond donors (Lipinski definition) is 3. The summed E-state index contributed by atoms with van der Waals surface area (Å²) in [4.78, 5) is 14.5. The molecule has 0 saturated heterocycles. The number of carbonyl (C=O) groups is 1. The zero-order chi connectivity index (χ0) is 12.7. The number of rotatable bonds is 7. The maximum Gasteiger partial charge on any atom is 0.226 e. The monoisotopic (exact) mass is 238 g/mol. The average Bonchev–Trinajstić information content (AvgIpc) is 2.81. The quantitative estimate of drug-likeness (QED) is 0.673. The van der Waals surface area contributed by atoms with Crippen molar-refractivity contribution < 1.29 is 9.90 Å². The van der Waals surface area contributed by atoms with Crippen LogP contribution >= 0.6 is 0 Å². The van der Waals surface area contributed by atoms with Crippen LogP contribution in [0, 0.1) is 5.92 Å². The normalized spacial score (nSPS) is 12.7. The maximum absolute atomic E-state index is 11.6. The molecule has 0 fully saturated rings. The first-order chi connectivity index (χ1) is 8.17. The van der Waals surface area contributed by atoms with Gasteiger partial charge in [0.05, 0.1) is 12.5 Å². The molecule has 17 heavy (non-hydrogen) atoms. The van der Waals surface area contributed by atoms with Gasteiger partial charge in [0.2, 0.25) is 5.91 Å². The first kappa shape index (κ1) is 13.8. The van der Waals surface area contributed by atoms with Gasteiger partial charge in [-0.25, -0.2) is 0 Å². The lowest BCUT2D eigenvalue weighted by Crippen LogP contribution is -2.36. The molecule has 4 heteroatoms. The SMILES string of the molecule is CCC(CC)C(O)CNC(=O)Cc1ccc[nH]1. The van der Waals surface area contributed by atoms with Crippen LogP contribution in [0.4, 0.5) is 0 Å². The summed E-state index contributed by atoms with van der Waals surface area (Å²) in [6.07, 6.45) is 3.55. The molecule has 1 aromatic heterocycles. The molecule has 1 atom stereocenters. The van der Waals surface area contributed by atoms with Crippen molar-refractivity contribution in [1.82, 2.24) is 10.3 Å². The molecule has 0 aliphatic rings. The molecule has 1 aromatic rings. The third-order valence-corrected chi connectivity index (χ3v) is 3.11. The minimum atomic E-state index is -0.447. The van der Waals surface area contributed by atoms with Gasteiger partial charge < -0.3 is 15.4 Å². The molecule has 1 amide bonds. The number of aliphatic hydroxyl groups is 1. The molecule has 4 nitrogen and oxygen atoms in total. The molecule has 0 aromatic carbocycles. The first-order valence-corrected chi connectivity index (χ1v) is 6.24. The summed E-state index contributed by atoms with van der Waals surface area (Å²) in [5, 5.41) is 12.6. The topological polar surface area (TPSA) is 65.1 Å². The van der Waals surface area contributed by atoms with Crippen molar-refractivity contribution in [2.24, 2.45) is 5.92 Å². The Labute approximate surface area is 102 Å². The highest BCUT2D eigenvalue weighted by Gasteiger charge is 2.16. The molecular formula is C13H22N2O2. The number of H-pyrrole nitrogens is 1. The molecule has 0 saturated carbocycles. The second-order valence-corrected chi connectivity index (χ2v) is 4.32. The number of aromatic nitrogens is 1. The van der Waals surface area contributed by atoms with E-state index in [2.05, 4.69) is 24.1 Å². The maximum atomic E-state index is 11.6. The minimum absolute atomic E-state index is 0.0579. The van der Waals surface area contributed by atoms with Crippen molar-refractivity contribution in [1.29, 1.82) is 0 Å². The second-order valence-electron chi connectivity index (χ2n) is 4.32. The summed E-state index contributed by atoms with van der Waals surface area (Å²) in [6.45, 7) is 4.45. The van der Waals surface area contributed by atoms with Crippen LogP contribution in [-0.2, 0) is 11.2 Å². The highest BCUT2D eigenvalue weighted by molar-refractivity contribution is 5.78. The molecule has 1 rings (SSSR count). The minimum Gasteiger partial charge on any atom is -0.391 e. The van der Waals surface area contributed by atoms with E-state index in [-0.39, 0.29) is 11.8 Å². The van der Waals surface area contributed by atoms with Crippen LogP contribution in [0.3, 0.4) is 0 Å². The van der Waals surface area contributed by atoms with E-state index in [0.717, 1.165) is 18.5 Å². The number of aliphatic hydroxyl groups excluding tert-OH is 1. The van der Waals surface area contributed by atoms with Gasteiger partial charge in [-0.3, -0.25) is 4.79 Å². The lowest BCUT2D eigenvalue weighted by Gasteiger charge is -2.20. The van der Waals surface area contributed by atoms with Crippen LogP contribution in [0.25, 0.3) is 0 Å². The van der Waals surface area contributed by atoms with Gasteiger partial charge in [0, 0.05) is 18.4 Å². The fourth-order valence-electron chi connectivity index (χ4n) is 1.93. The van der Waals surface area contributed by atoms with Gasteiger partial charge in [-0.05, 0) is 18.1 Å². The Bertz CT molecular complexity index is 318. The predicted octanol–water partition coefficient (Wildman–Crippen LogP) is 1.47. The van der Waals surface area contributed by atoms with E-state index in [0.29, 0.717) is 13.0 Å². The van der Waals surface area contributed by atoms with Crippen molar-refractivity contribution >= 4 is 5.91 Å². The Morgan fingerprint density at radius 1 is 1.47 bits per heavy atom. The van der Waals surface area contributed by atoms with E-state index in [9.17, 15) is 9.90 Å². The third-order valence-electron chi connectivity index (χ3n) is 3.11. The van der Waals surface area contributed by atoms with E-state index >= 15 is 0 Å². The molecule has 0 radical (unpaired) electrons. The van der Waals surface area contributed by atoms with Crippen LogP contribution in [0.15, 0.2) is 18.3 Å². The Balaban J connectivity index is 2.28. The number of hydrogen-bond acceptors (Lipinski definition) is 2. The fourth-order valence-corrected chi connectivity index (χ4v) is 1.93. The van der Waals surface area contributed by atoms with E-state index in [1.807, 2.05) is 12.1 Å². The van der Waals surface area contributed by atoms with Crippen LogP contribution < -0.4 is 5.32 Å². The molecule has 96 valence electrons. The summed E-state index contributed by atoms with van der Waals surface area (Å²) in [7, 11) is 0. The second kappa shape index (κ2) is 7.12. The van der Waals surface area contributed by atoms with Gasteiger partial charge in [-0.2, -0.15) is 0 Å². The van der Waals surface area contributed by atoms with Gasteiger partial charge in [-0.15, -0.1) is 0 Å². The number of nitrogens with one attached hydrogen (secondary N) is 2. The summed E-state index contributed by atoms with van der Waals surface area (Å²) in [6, 6.07) is 3.73. The van der Waals surface area contributed by atoms with E-state index in [1.165, 1.54) is 0 Å². The first-order valence-electron chi connectivity index (χ1n) is 6.24. The van der Waals surface area contributed by atoms with E-state index in [4.69, 9.17) is 0 Å². The molecule has 0 aliphatic carbocycles. The summed E-state index contributed by atoms with van der Waals surface area (Å²) >= 11 is 0. The Hall–Kier alpha value is -1.29. The summed E-state index contributed by atoms with van der Waals surface area (Å²) in [5.74, 6) is 0.207. The van der Waals surface area contributed by atoms with Crippen LogP contribution in [0.5, 0.6) is 0 Å². The number of aromatic amines is 1. The number of amides is 1. The van der Waals surface area contributed by atoms with Crippen LogP contribution in [0.2, 0.25) is 0 Å². The van der Waals surface area contributed by atoms with E-state index in [1.54, 1.807) is 6.20 Å². The average molecular weight is 238 g/mol. The Morgan fingerprint density at radius 3 is 2.71 bits per heavy atom. The molecule has 1 unspecified atom stereocenters. The molecule has 3 N–H and O–H groups in total. The highest BCUT2D eigenvalue weighted by Crippen LogP contribution is 2.12. The zero-order valence-electron chi connectivity index (χ0n) is 10.6. The van der Waals surface area contributed by atoms with Gasteiger partial charge in [-0.1, -0.05) is 26.7 Å². The summed E-state index contributed by atoms with van der Waals surface area (Å²) in [5.41, 5.74) is 0.888. The molecule has 0 aliphatic heterocycles. The zero-order valence-corrected chi connectivity index (χ0v) is 10.6. The van der Waals surface area contributed by atoms with Crippen molar-refractivity contribution in [3.05, 3.63) is 24.0 Å². The largest absolute Gasteiger partial charge is 0.391 e. The lowest BCUT2D eigenvalue weighted by molar-refractivity contribution is -0.121. The Morgan fingerprint density at radius 2 is 2.18 bits per heavy atom. The van der Waals surface area contributed by atoms with Crippen molar-refractivity contribution in [3.63, 3.8) is 0 Å². The van der Waals surface area contributed by atoms with E-state index < -0.39 is 6.10 Å². The highest BCUT2D eigenvalue weighted by atomic mass is 16.3. The molecule has 1 heterocycles. The predicted molar refractivity (Wildman–Crippen MR) is 67.6 cm³/mol. The van der Waals surface area contributed by atoms with Crippen LogP contribution in [-0.4, -0.2) is 28.6 Å². The Kier molecular flexibility index (Phi) is 5.77. The lowest BCUT2D eigenvalue weighted by atomic mass is 9.96. The fraction of sp³-hybridized carbons (Fsp3) is 0.615. The van der Waals surface area contributed by atoms with Crippen molar-refractivity contribution in [3.8, 4) is 0 Å². The van der Waals surface area contributed by atoms with Gasteiger partial charge in [0.1, 0.15) is 0 Å². The van der Waals surface area contributed by atoms with Crippen molar-refractivity contribution in [2.75, 3.05) is 6.54 Å². The van der Waals surface area contributed by atoms with Gasteiger partial charge in [0.25, 0.3) is 0 Å². The molecule has 0 spiro atoms. The van der Waals surface area contributed by atoms with Crippen LogP contribution in [0.1, 0.15) is 32.4 Å². The smallest absolute Gasteiger partial charge is 0.226 e. The molecule has 0 bridgehead atoms.